The third-order valence-electron chi connectivity index (χ3n) is 3.39. The minimum atomic E-state index is -4.59. The molecule has 0 atom stereocenters. The predicted octanol–water partition coefficient (Wildman–Crippen LogP) is 1.47. The molecule has 0 spiro atoms. The molecule has 0 N–H and O–H groups in total. The van der Waals surface area contributed by atoms with Crippen molar-refractivity contribution in [3.8, 4) is 0 Å². The third kappa shape index (κ3) is 4.28. The molecule has 3 aromatic carbocycles. The minimum Gasteiger partial charge on any atom is -0.744 e. The summed E-state index contributed by atoms with van der Waals surface area (Å²) < 4.78 is 34.4. The van der Waals surface area contributed by atoms with Gasteiger partial charge in [-0.15, -0.1) is 0 Å². The van der Waals surface area contributed by atoms with Gasteiger partial charge in [0.05, 0.1) is 16.3 Å². The van der Waals surface area contributed by atoms with Crippen LogP contribution in [0.3, 0.4) is 0 Å². The summed E-state index contributed by atoms with van der Waals surface area (Å²) in [5.74, 6) is 0. The minimum absolute atomic E-state index is 0. The first-order valence-corrected chi connectivity index (χ1v) is 8.31. The molecule has 0 radical (unpaired) electrons. The van der Waals surface area contributed by atoms with Gasteiger partial charge in [0.25, 0.3) is 0 Å². The van der Waals surface area contributed by atoms with E-state index >= 15 is 0 Å². The number of fused-ring (bicyclic) bond motifs is 1. The van der Waals surface area contributed by atoms with Gasteiger partial charge in [0.15, 0.2) is 0 Å². The van der Waals surface area contributed by atoms with E-state index in [1.54, 1.807) is 30.3 Å². The van der Waals surface area contributed by atoms with E-state index in [1.165, 1.54) is 6.07 Å². The molecule has 0 saturated carbocycles. The summed E-state index contributed by atoms with van der Waals surface area (Å²) >= 11 is 0. The molecule has 24 heavy (non-hydrogen) atoms. The molecular weight excluding hydrogens is 335 g/mol. The van der Waals surface area contributed by atoms with Crippen LogP contribution in [0.1, 0.15) is 5.56 Å². The number of azo groups is 1. The molecule has 3 aromatic rings. The normalized spacial score (nSPS) is 11.6. The molecule has 0 saturated heterocycles. The fourth-order valence-corrected chi connectivity index (χ4v) is 2.97. The van der Waals surface area contributed by atoms with Crippen LogP contribution in [-0.4, -0.2) is 13.0 Å². The van der Waals surface area contributed by atoms with Crippen molar-refractivity contribution in [1.82, 2.24) is 0 Å². The van der Waals surface area contributed by atoms with Crippen LogP contribution in [0.15, 0.2) is 75.8 Å². The van der Waals surface area contributed by atoms with Crippen LogP contribution >= 0.6 is 0 Å². The van der Waals surface area contributed by atoms with Crippen LogP contribution in [0, 0.1) is 6.92 Å². The van der Waals surface area contributed by atoms with Crippen molar-refractivity contribution < 1.29 is 42.5 Å². The molecule has 5 nitrogen and oxygen atoms in total. The molecule has 0 aliphatic carbocycles. The monoisotopic (exact) mass is 348 g/mol. The topological polar surface area (TPSA) is 81.9 Å². The van der Waals surface area contributed by atoms with E-state index in [-0.39, 0.29) is 34.5 Å². The fraction of sp³-hybridized carbons (Fsp3) is 0.0588. The second-order valence-electron chi connectivity index (χ2n) is 5.15. The van der Waals surface area contributed by atoms with E-state index < -0.39 is 10.1 Å². The zero-order valence-corrected chi connectivity index (χ0v) is 16.1. The zero-order valence-electron chi connectivity index (χ0n) is 13.3. The molecule has 116 valence electrons. The number of hydrogen-bond donors (Lipinski definition) is 0. The number of benzene rings is 3. The Bertz CT molecular complexity index is 1000. The van der Waals surface area contributed by atoms with Gasteiger partial charge < -0.3 is 4.55 Å². The molecule has 7 heteroatoms. The summed E-state index contributed by atoms with van der Waals surface area (Å²) in [5.41, 5.74) is 2.07. The average Bonchev–Trinajstić information content (AvgIpc) is 2.52. The third-order valence-corrected chi connectivity index (χ3v) is 4.27. The number of rotatable bonds is 3. The first kappa shape index (κ1) is 18.8. The largest absolute Gasteiger partial charge is 1.00 e. The molecule has 0 aromatic heterocycles. The Morgan fingerprint density at radius 2 is 1.50 bits per heavy atom. The maximum Gasteiger partial charge on any atom is 1.00 e. The van der Waals surface area contributed by atoms with Gasteiger partial charge in [-0.05, 0) is 42.0 Å². The summed E-state index contributed by atoms with van der Waals surface area (Å²) in [7, 11) is -4.59. The SMILES string of the molecule is Cc1ccc(N=Nc2cc(S(=O)(=O)[O-])c3ccccc3c2)cc1.[Na+]. The summed E-state index contributed by atoms with van der Waals surface area (Å²) in [6.45, 7) is 1.97. The number of hydrogen-bond acceptors (Lipinski definition) is 5. The van der Waals surface area contributed by atoms with Crippen LogP contribution in [-0.2, 0) is 10.1 Å². The Labute approximate surface area is 162 Å². The van der Waals surface area contributed by atoms with Crippen molar-refractivity contribution in [2.24, 2.45) is 10.2 Å². The average molecular weight is 348 g/mol. The van der Waals surface area contributed by atoms with Crippen molar-refractivity contribution in [1.29, 1.82) is 0 Å². The van der Waals surface area contributed by atoms with Crippen molar-refractivity contribution in [2.45, 2.75) is 11.8 Å². The smallest absolute Gasteiger partial charge is 0.744 e. The van der Waals surface area contributed by atoms with E-state index in [0.29, 0.717) is 22.1 Å². The Morgan fingerprint density at radius 3 is 2.17 bits per heavy atom. The van der Waals surface area contributed by atoms with Crippen molar-refractivity contribution in [3.05, 3.63) is 66.2 Å². The summed E-state index contributed by atoms with van der Waals surface area (Å²) in [4.78, 5) is -0.284. The molecule has 0 heterocycles. The van der Waals surface area contributed by atoms with Gasteiger partial charge in [-0.1, -0.05) is 42.0 Å². The number of aryl methyl sites for hydroxylation is 1. The molecule has 0 bridgehead atoms. The molecule has 0 aliphatic heterocycles. The van der Waals surface area contributed by atoms with Crippen LogP contribution in [0.4, 0.5) is 11.4 Å². The van der Waals surface area contributed by atoms with Crippen LogP contribution in [0.2, 0.25) is 0 Å². The van der Waals surface area contributed by atoms with Crippen LogP contribution < -0.4 is 29.6 Å². The van der Waals surface area contributed by atoms with E-state index in [1.807, 2.05) is 31.2 Å². The Morgan fingerprint density at radius 1 is 0.875 bits per heavy atom. The Kier molecular flexibility index (Phi) is 5.90. The van der Waals surface area contributed by atoms with Crippen molar-refractivity contribution in [3.63, 3.8) is 0 Å². The fourth-order valence-electron chi connectivity index (χ4n) is 2.25. The van der Waals surface area contributed by atoms with Gasteiger partial charge in [-0.25, -0.2) is 8.42 Å². The van der Waals surface area contributed by atoms with Crippen molar-refractivity contribution in [2.75, 3.05) is 0 Å². The molecule has 0 fully saturated rings. The molecule has 3 rings (SSSR count). The second-order valence-corrected chi connectivity index (χ2v) is 6.50. The van der Waals surface area contributed by atoms with E-state index in [9.17, 15) is 13.0 Å². The van der Waals surface area contributed by atoms with Gasteiger partial charge in [-0.3, -0.25) is 0 Å². The first-order chi connectivity index (χ1) is 10.9. The van der Waals surface area contributed by atoms with E-state index in [0.717, 1.165) is 5.56 Å². The van der Waals surface area contributed by atoms with Crippen LogP contribution in [0.25, 0.3) is 10.8 Å². The second kappa shape index (κ2) is 7.55. The Balaban J connectivity index is 0.00000208. The van der Waals surface area contributed by atoms with Gasteiger partial charge in [-0.2, -0.15) is 10.2 Å². The number of nitrogens with zero attached hydrogens (tertiary/aromatic N) is 2. The summed E-state index contributed by atoms with van der Waals surface area (Å²) in [6.07, 6.45) is 0. The van der Waals surface area contributed by atoms with E-state index in [2.05, 4.69) is 10.2 Å². The van der Waals surface area contributed by atoms with Crippen LogP contribution in [0.5, 0.6) is 0 Å². The van der Waals surface area contributed by atoms with Gasteiger partial charge in [0, 0.05) is 0 Å². The van der Waals surface area contributed by atoms with E-state index in [4.69, 9.17) is 0 Å². The van der Waals surface area contributed by atoms with Gasteiger partial charge >= 0.3 is 29.6 Å². The first-order valence-electron chi connectivity index (χ1n) is 6.90. The van der Waals surface area contributed by atoms with Gasteiger partial charge in [0.1, 0.15) is 10.1 Å². The molecule has 0 unspecified atom stereocenters. The summed E-state index contributed by atoms with van der Waals surface area (Å²) in [5, 5.41) is 9.14. The molecule has 0 aliphatic rings. The van der Waals surface area contributed by atoms with Crippen molar-refractivity contribution >= 4 is 32.3 Å². The molecule has 0 amide bonds. The quantitative estimate of drug-likeness (QED) is 0.408. The molecular formula is C17H13N2NaO3S. The maximum atomic E-state index is 11.5. The van der Waals surface area contributed by atoms with Gasteiger partial charge in [0.2, 0.25) is 0 Å². The Hall–Kier alpha value is -1.57. The predicted molar refractivity (Wildman–Crippen MR) is 87.3 cm³/mol. The summed E-state index contributed by atoms with van der Waals surface area (Å²) in [6, 6.07) is 17.2. The standard InChI is InChI=1S/C17H14N2O3S.Na/c1-12-6-8-14(9-7-12)18-19-15-10-13-4-2-3-5-16(13)17(11-15)23(20,21)22;/h2-11H,1H3,(H,20,21,22);/q;+1/p-1. The zero-order chi connectivity index (χ0) is 16.4. The maximum absolute atomic E-state index is 11.5.